The van der Waals surface area contributed by atoms with Crippen molar-refractivity contribution in [1.29, 1.82) is 0 Å². The first-order chi connectivity index (χ1) is 9.59. The van der Waals surface area contributed by atoms with Gasteiger partial charge in [0.05, 0.1) is 4.90 Å². The maximum Gasteiger partial charge on any atom is 0.266 e. The summed E-state index contributed by atoms with van der Waals surface area (Å²) in [5.41, 5.74) is 6.12. The minimum absolute atomic E-state index is 0.0556. The molecule has 1 fully saturated rings. The zero-order valence-corrected chi connectivity index (χ0v) is 11.5. The predicted molar refractivity (Wildman–Crippen MR) is 75.6 cm³/mol. The Balaban J connectivity index is 2.05. The van der Waals surface area contributed by atoms with Gasteiger partial charge >= 0.3 is 0 Å². The van der Waals surface area contributed by atoms with E-state index < -0.39 is 10.0 Å². The third-order valence-corrected chi connectivity index (χ3v) is 4.91. The number of anilines is 2. The van der Waals surface area contributed by atoms with Crippen LogP contribution < -0.4 is 10.0 Å². The number of rotatable bonds is 4. The molecule has 7 heteroatoms. The van der Waals surface area contributed by atoms with Gasteiger partial charge in [0.2, 0.25) is 5.95 Å². The van der Waals surface area contributed by atoms with E-state index in [0.717, 1.165) is 12.8 Å². The Bertz CT molecular complexity index is 697. The monoisotopic (exact) mass is 290 g/mol. The average Bonchev–Trinajstić information content (AvgIpc) is 3.25. The van der Waals surface area contributed by atoms with Crippen molar-refractivity contribution in [3.8, 4) is 0 Å². The van der Waals surface area contributed by atoms with Crippen molar-refractivity contribution in [2.45, 2.75) is 23.8 Å². The molecule has 1 saturated carbocycles. The Morgan fingerprint density at radius 1 is 1.10 bits per heavy atom. The van der Waals surface area contributed by atoms with E-state index in [9.17, 15) is 8.42 Å². The van der Waals surface area contributed by atoms with Crippen molar-refractivity contribution in [3.63, 3.8) is 0 Å². The van der Waals surface area contributed by atoms with Gasteiger partial charge in [0, 0.05) is 24.1 Å². The van der Waals surface area contributed by atoms with Crippen LogP contribution in [0.1, 0.15) is 12.8 Å². The Labute approximate surface area is 117 Å². The highest BCUT2D eigenvalue weighted by molar-refractivity contribution is 7.92. The molecule has 0 aliphatic heterocycles. The Hall–Kier alpha value is -2.15. The maximum absolute atomic E-state index is 12.7. The molecule has 2 N–H and O–H groups in total. The highest BCUT2D eigenvalue weighted by Crippen LogP contribution is 2.34. The lowest BCUT2D eigenvalue weighted by Crippen LogP contribution is -2.34. The molecule has 104 valence electrons. The Morgan fingerprint density at radius 2 is 1.70 bits per heavy atom. The van der Waals surface area contributed by atoms with Crippen molar-refractivity contribution >= 4 is 21.7 Å². The molecule has 0 unspecified atom stereocenters. The SMILES string of the molecule is Nc1ccc(S(=O)(=O)N(c2ncccn2)C2CC2)cc1. The van der Waals surface area contributed by atoms with E-state index in [0.29, 0.717) is 5.69 Å². The summed E-state index contributed by atoms with van der Waals surface area (Å²) in [6.07, 6.45) is 4.73. The van der Waals surface area contributed by atoms with Gasteiger partial charge in [-0.05, 0) is 43.2 Å². The van der Waals surface area contributed by atoms with Crippen LogP contribution in [0.2, 0.25) is 0 Å². The van der Waals surface area contributed by atoms with Crippen molar-refractivity contribution < 1.29 is 8.42 Å². The fourth-order valence-corrected chi connectivity index (χ4v) is 3.55. The standard InChI is InChI=1S/C13H14N4O2S/c14-10-2-6-12(7-3-10)20(18,19)17(11-4-5-11)13-15-8-1-9-16-13/h1-3,6-9,11H,4-5,14H2. The molecule has 0 spiro atoms. The van der Waals surface area contributed by atoms with Gasteiger partial charge in [0.15, 0.2) is 0 Å². The van der Waals surface area contributed by atoms with Gasteiger partial charge in [-0.25, -0.2) is 22.7 Å². The van der Waals surface area contributed by atoms with E-state index >= 15 is 0 Å². The zero-order chi connectivity index (χ0) is 14.2. The highest BCUT2D eigenvalue weighted by atomic mass is 32.2. The topological polar surface area (TPSA) is 89.2 Å². The molecule has 1 heterocycles. The van der Waals surface area contributed by atoms with E-state index in [1.54, 1.807) is 18.2 Å². The molecular weight excluding hydrogens is 276 g/mol. The second-order valence-electron chi connectivity index (χ2n) is 4.65. The van der Waals surface area contributed by atoms with Crippen LogP contribution in [0.25, 0.3) is 0 Å². The van der Waals surface area contributed by atoms with Gasteiger partial charge in [-0.15, -0.1) is 0 Å². The minimum atomic E-state index is -3.65. The first-order valence-electron chi connectivity index (χ1n) is 6.26. The first-order valence-corrected chi connectivity index (χ1v) is 7.70. The number of sulfonamides is 1. The van der Waals surface area contributed by atoms with E-state index in [4.69, 9.17) is 5.73 Å². The van der Waals surface area contributed by atoms with Crippen LogP contribution in [-0.4, -0.2) is 24.4 Å². The van der Waals surface area contributed by atoms with Crippen LogP contribution in [0.15, 0.2) is 47.6 Å². The first kappa shape index (κ1) is 12.9. The number of hydrogen-bond donors (Lipinski definition) is 1. The molecule has 2 aromatic rings. The second kappa shape index (κ2) is 4.75. The summed E-state index contributed by atoms with van der Waals surface area (Å²) < 4.78 is 26.8. The molecule has 6 nitrogen and oxygen atoms in total. The van der Waals surface area contributed by atoms with Gasteiger partial charge in [-0.3, -0.25) is 0 Å². The van der Waals surface area contributed by atoms with Crippen molar-refractivity contribution in [2.24, 2.45) is 0 Å². The summed E-state index contributed by atoms with van der Waals surface area (Å²) in [4.78, 5) is 8.32. The molecule has 1 aromatic heterocycles. The Kier molecular flexibility index (Phi) is 3.06. The Morgan fingerprint density at radius 3 is 2.25 bits per heavy atom. The number of nitrogen functional groups attached to an aromatic ring is 1. The summed E-state index contributed by atoms with van der Waals surface area (Å²) in [7, 11) is -3.65. The summed E-state index contributed by atoms with van der Waals surface area (Å²) in [5, 5.41) is 0. The summed E-state index contributed by atoms with van der Waals surface area (Å²) in [6.45, 7) is 0. The van der Waals surface area contributed by atoms with Gasteiger partial charge < -0.3 is 5.73 Å². The average molecular weight is 290 g/mol. The lowest BCUT2D eigenvalue weighted by molar-refractivity contribution is 0.589. The lowest BCUT2D eigenvalue weighted by Gasteiger charge is -2.21. The smallest absolute Gasteiger partial charge is 0.266 e. The van der Waals surface area contributed by atoms with Crippen molar-refractivity contribution in [3.05, 3.63) is 42.7 Å². The number of nitrogens with zero attached hydrogens (tertiary/aromatic N) is 3. The molecular formula is C13H14N4O2S. The molecule has 20 heavy (non-hydrogen) atoms. The van der Waals surface area contributed by atoms with Crippen molar-refractivity contribution in [2.75, 3.05) is 10.0 Å². The number of hydrogen-bond acceptors (Lipinski definition) is 5. The predicted octanol–water partition coefficient (Wildman–Crippen LogP) is 1.42. The molecule has 3 rings (SSSR count). The highest BCUT2D eigenvalue weighted by Gasteiger charge is 2.39. The van der Waals surface area contributed by atoms with Crippen LogP contribution in [0.3, 0.4) is 0 Å². The molecule has 1 aromatic carbocycles. The van der Waals surface area contributed by atoms with Gasteiger partial charge in [0.1, 0.15) is 0 Å². The van der Waals surface area contributed by atoms with Crippen LogP contribution in [0.5, 0.6) is 0 Å². The van der Waals surface area contributed by atoms with Crippen LogP contribution in [0, 0.1) is 0 Å². The lowest BCUT2D eigenvalue weighted by atomic mass is 10.3. The van der Waals surface area contributed by atoms with Crippen molar-refractivity contribution in [1.82, 2.24) is 9.97 Å². The number of aromatic nitrogens is 2. The minimum Gasteiger partial charge on any atom is -0.399 e. The fourth-order valence-electron chi connectivity index (χ4n) is 1.93. The third kappa shape index (κ3) is 2.32. The van der Waals surface area contributed by atoms with E-state index in [-0.39, 0.29) is 16.9 Å². The van der Waals surface area contributed by atoms with Crippen LogP contribution in [0.4, 0.5) is 11.6 Å². The van der Waals surface area contributed by atoms with Gasteiger partial charge in [-0.2, -0.15) is 0 Å². The van der Waals surface area contributed by atoms with E-state index in [1.807, 2.05) is 0 Å². The number of nitrogens with two attached hydrogens (primary N) is 1. The normalized spacial score (nSPS) is 15.0. The van der Waals surface area contributed by atoms with Gasteiger partial charge in [0.25, 0.3) is 10.0 Å². The molecule has 0 amide bonds. The maximum atomic E-state index is 12.7. The third-order valence-electron chi connectivity index (χ3n) is 3.06. The number of benzene rings is 1. The molecule has 0 atom stereocenters. The van der Waals surface area contributed by atoms with Crippen LogP contribution in [-0.2, 0) is 10.0 Å². The molecule has 0 radical (unpaired) electrons. The fraction of sp³-hybridized carbons (Fsp3) is 0.231. The quantitative estimate of drug-likeness (QED) is 0.860. The van der Waals surface area contributed by atoms with E-state index in [2.05, 4.69) is 9.97 Å². The van der Waals surface area contributed by atoms with Gasteiger partial charge in [-0.1, -0.05) is 0 Å². The van der Waals surface area contributed by atoms with E-state index in [1.165, 1.54) is 28.8 Å². The molecule has 1 aliphatic carbocycles. The summed E-state index contributed by atoms with van der Waals surface area (Å²) in [6, 6.07) is 7.75. The molecule has 0 saturated heterocycles. The summed E-state index contributed by atoms with van der Waals surface area (Å²) >= 11 is 0. The largest absolute Gasteiger partial charge is 0.399 e. The zero-order valence-electron chi connectivity index (χ0n) is 10.7. The van der Waals surface area contributed by atoms with Crippen LogP contribution >= 0.6 is 0 Å². The molecule has 0 bridgehead atoms. The second-order valence-corrected chi connectivity index (χ2v) is 6.46. The summed E-state index contributed by atoms with van der Waals surface area (Å²) in [5.74, 6) is 0.215. The molecule has 1 aliphatic rings.